The number of carbonyl (C=O) groups excluding carboxylic acids is 1. The molecule has 3 heteroatoms. The smallest absolute Gasteiger partial charge is 0.178 e. The van der Waals surface area contributed by atoms with Crippen LogP contribution in [0.25, 0.3) is 10.8 Å². The maximum atomic E-state index is 11.2. The van der Waals surface area contributed by atoms with Crippen molar-refractivity contribution < 1.29 is 4.79 Å². The van der Waals surface area contributed by atoms with Gasteiger partial charge < -0.3 is 0 Å². The molecule has 0 aliphatic heterocycles. The zero-order chi connectivity index (χ0) is 9.26. The Hall–Kier alpha value is -1.22. The molecule has 0 N–H and O–H groups in total. The predicted molar refractivity (Wildman–Crippen MR) is 62.1 cm³/mol. The Morgan fingerprint density at radius 3 is 2.64 bits per heavy atom. The number of fused-ring (bicyclic) bond motifs is 1. The first-order valence-corrected chi connectivity index (χ1v) is 4.14. The Morgan fingerprint density at radius 2 is 1.93 bits per heavy atom. The number of carbonyl (C=O) groups is 1. The van der Waals surface area contributed by atoms with Gasteiger partial charge in [0, 0.05) is 18.5 Å². The minimum atomic E-state index is 0. The minimum Gasteiger partial charge on any atom is -0.293 e. The topological polar surface area (TPSA) is 30.0 Å². The summed E-state index contributed by atoms with van der Waals surface area (Å²) < 4.78 is 0. The number of rotatable bonds is 1. The first-order valence-electron chi connectivity index (χ1n) is 4.14. The highest BCUT2D eigenvalue weighted by Crippen LogP contribution is 2.16. The molecule has 0 aliphatic carbocycles. The molecule has 72 valence electrons. The summed E-state index contributed by atoms with van der Waals surface area (Å²) in [5.41, 5.74) is 0.554. The van der Waals surface area contributed by atoms with Crippen molar-refractivity contribution in [2.24, 2.45) is 0 Å². The number of halogens is 1. The molecule has 1 aromatic heterocycles. The molecule has 0 unspecified atom stereocenters. The lowest BCUT2D eigenvalue weighted by Crippen LogP contribution is -1.96. The largest absolute Gasteiger partial charge is 0.293 e. The normalized spacial score (nSPS) is 9.50. The highest BCUT2D eigenvalue weighted by molar-refractivity contribution is 8.93. The van der Waals surface area contributed by atoms with Crippen LogP contribution in [-0.4, -0.2) is 10.8 Å². The SMILES string of the molecule is Br.CC(=O)c1nccc2ccccc12. The maximum Gasteiger partial charge on any atom is 0.178 e. The zero-order valence-electron chi connectivity index (χ0n) is 7.73. The fourth-order valence-electron chi connectivity index (χ4n) is 1.40. The minimum absolute atomic E-state index is 0. The number of nitrogens with zero attached hydrogens (tertiary/aromatic N) is 1. The van der Waals surface area contributed by atoms with Crippen molar-refractivity contribution in [2.75, 3.05) is 0 Å². The van der Waals surface area contributed by atoms with Gasteiger partial charge in [0.25, 0.3) is 0 Å². The average Bonchev–Trinajstić information content (AvgIpc) is 2.17. The van der Waals surface area contributed by atoms with E-state index in [2.05, 4.69) is 4.98 Å². The van der Waals surface area contributed by atoms with E-state index in [1.54, 1.807) is 6.20 Å². The lowest BCUT2D eigenvalue weighted by Gasteiger charge is -2.00. The zero-order valence-corrected chi connectivity index (χ0v) is 9.44. The molecular formula is C11H10BrNO. The predicted octanol–water partition coefficient (Wildman–Crippen LogP) is 3.02. The molecule has 0 radical (unpaired) electrons. The van der Waals surface area contributed by atoms with Crippen molar-refractivity contribution in [3.8, 4) is 0 Å². The van der Waals surface area contributed by atoms with Gasteiger partial charge in [-0.05, 0) is 11.5 Å². The summed E-state index contributed by atoms with van der Waals surface area (Å²) >= 11 is 0. The molecule has 2 aromatic rings. The maximum absolute atomic E-state index is 11.2. The van der Waals surface area contributed by atoms with E-state index >= 15 is 0 Å². The monoisotopic (exact) mass is 251 g/mol. The summed E-state index contributed by atoms with van der Waals surface area (Å²) in [6.07, 6.45) is 1.67. The number of Topliss-reactive ketones (excluding diaryl/α,β-unsaturated/α-hetero) is 1. The Kier molecular flexibility index (Phi) is 3.36. The standard InChI is InChI=1S/C11H9NO.BrH/c1-8(13)11-10-5-3-2-4-9(10)6-7-12-11;/h2-7H,1H3;1H. The summed E-state index contributed by atoms with van der Waals surface area (Å²) in [6.45, 7) is 1.54. The number of aromatic nitrogens is 1. The van der Waals surface area contributed by atoms with E-state index in [0.717, 1.165) is 10.8 Å². The van der Waals surface area contributed by atoms with Crippen molar-refractivity contribution in [1.82, 2.24) is 4.98 Å². The van der Waals surface area contributed by atoms with Gasteiger partial charge in [-0.3, -0.25) is 9.78 Å². The fourth-order valence-corrected chi connectivity index (χ4v) is 1.40. The van der Waals surface area contributed by atoms with Gasteiger partial charge in [0.1, 0.15) is 5.69 Å². The summed E-state index contributed by atoms with van der Waals surface area (Å²) in [6, 6.07) is 9.66. The van der Waals surface area contributed by atoms with E-state index in [1.807, 2.05) is 30.3 Å². The molecule has 2 rings (SSSR count). The van der Waals surface area contributed by atoms with Gasteiger partial charge in [0.15, 0.2) is 5.78 Å². The molecular weight excluding hydrogens is 242 g/mol. The number of pyridine rings is 1. The second-order valence-corrected chi connectivity index (χ2v) is 2.94. The van der Waals surface area contributed by atoms with E-state index in [0.29, 0.717) is 5.69 Å². The number of benzene rings is 1. The van der Waals surface area contributed by atoms with E-state index in [1.165, 1.54) is 6.92 Å². The molecule has 0 saturated heterocycles. The summed E-state index contributed by atoms with van der Waals surface area (Å²) in [5.74, 6) is 0.0109. The second-order valence-electron chi connectivity index (χ2n) is 2.94. The summed E-state index contributed by atoms with van der Waals surface area (Å²) in [5, 5.41) is 1.99. The van der Waals surface area contributed by atoms with Gasteiger partial charge in [0.05, 0.1) is 0 Å². The van der Waals surface area contributed by atoms with E-state index < -0.39 is 0 Å². The van der Waals surface area contributed by atoms with E-state index in [-0.39, 0.29) is 22.8 Å². The molecule has 0 aliphatic rings. The quantitative estimate of drug-likeness (QED) is 0.730. The van der Waals surface area contributed by atoms with Crippen molar-refractivity contribution >= 4 is 33.5 Å². The van der Waals surface area contributed by atoms with Gasteiger partial charge in [0.2, 0.25) is 0 Å². The van der Waals surface area contributed by atoms with Crippen LogP contribution in [0.4, 0.5) is 0 Å². The van der Waals surface area contributed by atoms with Gasteiger partial charge in [-0.15, -0.1) is 17.0 Å². The van der Waals surface area contributed by atoms with Crippen molar-refractivity contribution in [2.45, 2.75) is 6.92 Å². The van der Waals surface area contributed by atoms with Crippen molar-refractivity contribution in [1.29, 1.82) is 0 Å². The Labute approximate surface area is 92.7 Å². The third-order valence-electron chi connectivity index (χ3n) is 2.01. The Balaban J connectivity index is 0.000000980. The Morgan fingerprint density at radius 1 is 1.21 bits per heavy atom. The molecule has 0 spiro atoms. The number of hydrogen-bond donors (Lipinski definition) is 0. The van der Waals surface area contributed by atoms with E-state index in [4.69, 9.17) is 0 Å². The second kappa shape index (κ2) is 4.33. The van der Waals surface area contributed by atoms with Gasteiger partial charge in [-0.25, -0.2) is 0 Å². The van der Waals surface area contributed by atoms with Crippen LogP contribution in [-0.2, 0) is 0 Å². The first kappa shape index (κ1) is 10.9. The van der Waals surface area contributed by atoms with Gasteiger partial charge >= 0.3 is 0 Å². The molecule has 0 amide bonds. The van der Waals surface area contributed by atoms with Crippen LogP contribution in [0.2, 0.25) is 0 Å². The number of hydrogen-bond acceptors (Lipinski definition) is 2. The lowest BCUT2D eigenvalue weighted by atomic mass is 10.1. The fraction of sp³-hybridized carbons (Fsp3) is 0.0909. The van der Waals surface area contributed by atoms with Crippen LogP contribution in [0.15, 0.2) is 36.5 Å². The third kappa shape index (κ3) is 1.82. The Bertz CT molecular complexity index is 462. The van der Waals surface area contributed by atoms with Crippen LogP contribution >= 0.6 is 17.0 Å². The third-order valence-corrected chi connectivity index (χ3v) is 2.01. The van der Waals surface area contributed by atoms with Crippen molar-refractivity contribution in [3.05, 3.63) is 42.2 Å². The lowest BCUT2D eigenvalue weighted by molar-refractivity contribution is 0.101. The van der Waals surface area contributed by atoms with Gasteiger partial charge in [-0.1, -0.05) is 24.3 Å². The van der Waals surface area contributed by atoms with Crippen LogP contribution < -0.4 is 0 Å². The molecule has 0 saturated carbocycles. The molecule has 14 heavy (non-hydrogen) atoms. The molecule has 1 heterocycles. The van der Waals surface area contributed by atoms with Crippen molar-refractivity contribution in [3.63, 3.8) is 0 Å². The summed E-state index contributed by atoms with van der Waals surface area (Å²) in [4.78, 5) is 15.3. The molecule has 0 bridgehead atoms. The highest BCUT2D eigenvalue weighted by Gasteiger charge is 2.04. The molecule has 2 nitrogen and oxygen atoms in total. The van der Waals surface area contributed by atoms with Crippen LogP contribution in [0.1, 0.15) is 17.4 Å². The molecule has 0 atom stereocenters. The first-order chi connectivity index (χ1) is 6.29. The number of ketones is 1. The van der Waals surface area contributed by atoms with Crippen LogP contribution in [0.5, 0.6) is 0 Å². The van der Waals surface area contributed by atoms with Crippen LogP contribution in [0, 0.1) is 0 Å². The molecule has 0 fully saturated rings. The van der Waals surface area contributed by atoms with Gasteiger partial charge in [-0.2, -0.15) is 0 Å². The van der Waals surface area contributed by atoms with E-state index in [9.17, 15) is 4.79 Å². The average molecular weight is 252 g/mol. The highest BCUT2D eigenvalue weighted by atomic mass is 79.9. The summed E-state index contributed by atoms with van der Waals surface area (Å²) in [7, 11) is 0. The van der Waals surface area contributed by atoms with Crippen LogP contribution in [0.3, 0.4) is 0 Å². The molecule has 1 aromatic carbocycles.